The molecule has 0 aliphatic heterocycles. The summed E-state index contributed by atoms with van der Waals surface area (Å²) in [5, 5.41) is 7.87. The highest BCUT2D eigenvalue weighted by atomic mass is 19.1. The third-order valence-electron chi connectivity index (χ3n) is 5.08. The Hall–Kier alpha value is -4.99. The molecule has 0 saturated heterocycles. The van der Waals surface area contributed by atoms with E-state index < -0.39 is 17.7 Å². The van der Waals surface area contributed by atoms with Crippen LogP contribution in [0.1, 0.15) is 16.1 Å². The topological polar surface area (TPSA) is 102 Å². The lowest BCUT2D eigenvalue weighted by Crippen LogP contribution is -2.19. The number of hydrogen-bond donors (Lipinski definition) is 3. The van der Waals surface area contributed by atoms with Crippen molar-refractivity contribution in [1.29, 1.82) is 0 Å². The number of urea groups is 1. The quantitative estimate of drug-likeness (QED) is 0.284. The zero-order valence-electron chi connectivity index (χ0n) is 19.6. The fourth-order valence-electron chi connectivity index (χ4n) is 3.25. The van der Waals surface area contributed by atoms with Gasteiger partial charge < -0.3 is 25.4 Å². The van der Waals surface area contributed by atoms with Crippen LogP contribution in [-0.4, -0.2) is 24.0 Å². The normalized spacial score (nSPS) is 10.4. The number of benzene rings is 3. The van der Waals surface area contributed by atoms with Gasteiger partial charge in [-0.25, -0.2) is 13.6 Å². The van der Waals surface area contributed by atoms with E-state index in [9.17, 15) is 18.4 Å². The number of aromatic nitrogens is 1. The van der Waals surface area contributed by atoms with E-state index in [1.165, 1.54) is 31.4 Å². The van der Waals surface area contributed by atoms with Crippen LogP contribution in [0.25, 0.3) is 0 Å². The molecule has 1 aromatic heterocycles. The summed E-state index contributed by atoms with van der Waals surface area (Å²) in [6, 6.07) is 19.3. The van der Waals surface area contributed by atoms with Crippen molar-refractivity contribution in [3.63, 3.8) is 0 Å². The van der Waals surface area contributed by atoms with E-state index in [1.54, 1.807) is 48.5 Å². The zero-order chi connectivity index (χ0) is 26.2. The molecule has 0 atom stereocenters. The number of hydrogen-bond acceptors (Lipinski definition) is 5. The average molecular weight is 504 g/mol. The first-order valence-electron chi connectivity index (χ1n) is 11.1. The highest BCUT2D eigenvalue weighted by Gasteiger charge is 2.10. The number of halogens is 2. The van der Waals surface area contributed by atoms with E-state index >= 15 is 0 Å². The molecule has 4 rings (SSSR count). The van der Waals surface area contributed by atoms with Crippen molar-refractivity contribution in [3.05, 3.63) is 108 Å². The Bertz CT molecular complexity index is 1390. The molecule has 0 saturated carbocycles. The number of ether oxygens (including phenoxy) is 2. The summed E-state index contributed by atoms with van der Waals surface area (Å²) in [6.07, 6.45) is 1.47. The standard InChI is InChI=1S/C27H22F2N4O4/c1-30-26(34)25-15-21(12-13-31-25)37-19-10-8-17(9-11-19)32-27(35)33-18-4-2-5-20(14-18)36-16-22-23(28)6-3-7-24(22)29/h2-15H,16H2,1H3,(H,30,34)(H2,32,33,35). The number of nitrogens with one attached hydrogen (secondary N) is 3. The van der Waals surface area contributed by atoms with E-state index in [4.69, 9.17) is 9.47 Å². The Kier molecular flexibility index (Phi) is 7.89. The lowest BCUT2D eigenvalue weighted by Gasteiger charge is -2.11. The van der Waals surface area contributed by atoms with Gasteiger partial charge in [-0.1, -0.05) is 12.1 Å². The molecule has 0 spiro atoms. The molecule has 3 aromatic carbocycles. The van der Waals surface area contributed by atoms with Gasteiger partial charge in [0.1, 0.15) is 41.2 Å². The van der Waals surface area contributed by atoms with Crippen LogP contribution in [0.2, 0.25) is 0 Å². The number of amides is 3. The number of nitrogens with zero attached hydrogens (tertiary/aromatic N) is 1. The van der Waals surface area contributed by atoms with Crippen molar-refractivity contribution in [1.82, 2.24) is 10.3 Å². The molecule has 188 valence electrons. The molecular weight excluding hydrogens is 482 g/mol. The third kappa shape index (κ3) is 6.79. The van der Waals surface area contributed by atoms with E-state index in [2.05, 4.69) is 20.9 Å². The SMILES string of the molecule is CNC(=O)c1cc(Oc2ccc(NC(=O)Nc3cccc(OCc4c(F)cccc4F)c3)cc2)ccn1. The lowest BCUT2D eigenvalue weighted by atomic mass is 10.2. The lowest BCUT2D eigenvalue weighted by molar-refractivity contribution is 0.0957. The molecule has 10 heteroatoms. The van der Waals surface area contributed by atoms with Crippen LogP contribution in [0.15, 0.2) is 85.1 Å². The largest absolute Gasteiger partial charge is 0.489 e. The first kappa shape index (κ1) is 25.1. The molecule has 0 unspecified atom stereocenters. The Morgan fingerprint density at radius 2 is 1.51 bits per heavy atom. The van der Waals surface area contributed by atoms with Crippen LogP contribution >= 0.6 is 0 Å². The minimum absolute atomic E-state index is 0.179. The molecule has 37 heavy (non-hydrogen) atoms. The van der Waals surface area contributed by atoms with Crippen LogP contribution in [0.4, 0.5) is 25.0 Å². The van der Waals surface area contributed by atoms with Gasteiger partial charge in [-0.2, -0.15) is 0 Å². The van der Waals surface area contributed by atoms with Crippen LogP contribution < -0.4 is 25.4 Å². The van der Waals surface area contributed by atoms with Crippen molar-refractivity contribution in [3.8, 4) is 17.2 Å². The number of anilines is 2. The minimum atomic E-state index is -0.695. The molecule has 0 fully saturated rings. The summed E-state index contributed by atoms with van der Waals surface area (Å²) in [4.78, 5) is 28.1. The molecular formula is C27H22F2N4O4. The zero-order valence-corrected chi connectivity index (χ0v) is 19.6. The molecule has 3 amide bonds. The van der Waals surface area contributed by atoms with Crippen molar-refractivity contribution in [2.45, 2.75) is 6.61 Å². The predicted molar refractivity (Wildman–Crippen MR) is 134 cm³/mol. The highest BCUT2D eigenvalue weighted by molar-refractivity contribution is 5.99. The molecule has 3 N–H and O–H groups in total. The predicted octanol–water partition coefficient (Wildman–Crippen LogP) is 5.73. The number of rotatable bonds is 8. The maximum Gasteiger partial charge on any atom is 0.323 e. The van der Waals surface area contributed by atoms with Gasteiger partial charge in [0.05, 0.1) is 5.56 Å². The van der Waals surface area contributed by atoms with Gasteiger partial charge in [0.15, 0.2) is 0 Å². The molecule has 1 heterocycles. The number of carbonyl (C=O) groups is 2. The highest BCUT2D eigenvalue weighted by Crippen LogP contribution is 2.24. The van der Waals surface area contributed by atoms with E-state index in [-0.39, 0.29) is 23.8 Å². The Morgan fingerprint density at radius 3 is 2.24 bits per heavy atom. The van der Waals surface area contributed by atoms with Gasteiger partial charge in [0, 0.05) is 36.8 Å². The minimum Gasteiger partial charge on any atom is -0.489 e. The van der Waals surface area contributed by atoms with Crippen LogP contribution in [0.3, 0.4) is 0 Å². The van der Waals surface area contributed by atoms with Gasteiger partial charge in [-0.3, -0.25) is 9.78 Å². The van der Waals surface area contributed by atoms with E-state index in [0.717, 1.165) is 12.1 Å². The van der Waals surface area contributed by atoms with Crippen molar-refractivity contribution >= 4 is 23.3 Å². The van der Waals surface area contributed by atoms with Gasteiger partial charge >= 0.3 is 6.03 Å². The fraction of sp³-hybridized carbons (Fsp3) is 0.0741. The Morgan fingerprint density at radius 1 is 0.811 bits per heavy atom. The molecule has 8 nitrogen and oxygen atoms in total. The average Bonchev–Trinajstić information content (AvgIpc) is 2.89. The fourth-order valence-corrected chi connectivity index (χ4v) is 3.25. The first-order chi connectivity index (χ1) is 17.9. The summed E-state index contributed by atoms with van der Waals surface area (Å²) < 4.78 is 38.8. The second kappa shape index (κ2) is 11.6. The second-order valence-corrected chi connectivity index (χ2v) is 7.68. The summed E-state index contributed by atoms with van der Waals surface area (Å²) in [7, 11) is 1.51. The van der Waals surface area contributed by atoms with Crippen LogP contribution in [-0.2, 0) is 6.61 Å². The first-order valence-corrected chi connectivity index (χ1v) is 11.1. The van der Waals surface area contributed by atoms with Gasteiger partial charge in [0.25, 0.3) is 5.91 Å². The van der Waals surface area contributed by atoms with Crippen molar-refractivity contribution in [2.24, 2.45) is 0 Å². The smallest absolute Gasteiger partial charge is 0.323 e. The van der Waals surface area contributed by atoms with Gasteiger partial charge in [0.2, 0.25) is 0 Å². The number of pyridine rings is 1. The molecule has 4 aromatic rings. The third-order valence-corrected chi connectivity index (χ3v) is 5.08. The second-order valence-electron chi connectivity index (χ2n) is 7.68. The molecule has 0 bridgehead atoms. The van der Waals surface area contributed by atoms with E-state index in [1.807, 2.05) is 0 Å². The maximum atomic E-state index is 13.8. The Balaban J connectivity index is 1.32. The van der Waals surface area contributed by atoms with Crippen molar-refractivity contribution < 1.29 is 27.8 Å². The van der Waals surface area contributed by atoms with Gasteiger partial charge in [-0.05, 0) is 54.6 Å². The molecule has 0 aliphatic rings. The molecule has 0 radical (unpaired) electrons. The van der Waals surface area contributed by atoms with Crippen LogP contribution in [0.5, 0.6) is 17.2 Å². The van der Waals surface area contributed by atoms with E-state index in [0.29, 0.717) is 28.6 Å². The Labute approximate surface area is 211 Å². The summed E-state index contributed by atoms with van der Waals surface area (Å²) in [5.41, 5.74) is 0.979. The maximum absolute atomic E-state index is 13.8. The van der Waals surface area contributed by atoms with Crippen LogP contribution in [0, 0.1) is 11.6 Å². The molecule has 0 aliphatic carbocycles. The monoisotopic (exact) mass is 504 g/mol. The summed E-state index contributed by atoms with van der Waals surface area (Å²) in [6.45, 7) is -0.296. The van der Waals surface area contributed by atoms with Gasteiger partial charge in [-0.15, -0.1) is 0 Å². The summed E-state index contributed by atoms with van der Waals surface area (Å²) in [5.74, 6) is -0.452. The number of carbonyl (C=O) groups excluding carboxylic acids is 2. The van der Waals surface area contributed by atoms with Crippen molar-refractivity contribution in [2.75, 3.05) is 17.7 Å². The summed E-state index contributed by atoms with van der Waals surface area (Å²) >= 11 is 0.